The topological polar surface area (TPSA) is 103 Å². The van der Waals surface area contributed by atoms with Gasteiger partial charge in [0, 0.05) is 31.4 Å². The summed E-state index contributed by atoms with van der Waals surface area (Å²) >= 11 is 1.21. The molecule has 0 N–H and O–H groups in total. The maximum atomic E-state index is 13.9. The summed E-state index contributed by atoms with van der Waals surface area (Å²) in [6.45, 7) is 3.69. The van der Waals surface area contributed by atoms with Gasteiger partial charge in [-0.25, -0.2) is 14.6 Å². The van der Waals surface area contributed by atoms with E-state index in [0.717, 1.165) is 11.3 Å². The van der Waals surface area contributed by atoms with E-state index in [1.807, 2.05) is 43.3 Å². The van der Waals surface area contributed by atoms with Crippen molar-refractivity contribution < 1.29 is 23.5 Å². The van der Waals surface area contributed by atoms with Crippen LogP contribution in [0.4, 0.5) is 5.69 Å². The van der Waals surface area contributed by atoms with Crippen LogP contribution in [0.3, 0.4) is 0 Å². The highest BCUT2D eigenvalue weighted by Gasteiger charge is 2.33. The zero-order valence-corrected chi connectivity index (χ0v) is 24.2. The van der Waals surface area contributed by atoms with E-state index in [2.05, 4.69) is 4.99 Å². The molecule has 0 saturated carbocycles. The van der Waals surface area contributed by atoms with Crippen molar-refractivity contribution in [1.82, 2.24) is 4.57 Å². The van der Waals surface area contributed by atoms with Crippen molar-refractivity contribution in [3.05, 3.63) is 109 Å². The molecule has 10 heteroatoms. The summed E-state index contributed by atoms with van der Waals surface area (Å²) in [6, 6.07) is 17.5. The number of allylic oxidation sites excluding steroid dienone is 1. The predicted molar refractivity (Wildman–Crippen MR) is 157 cm³/mol. The molecule has 0 fully saturated rings. The summed E-state index contributed by atoms with van der Waals surface area (Å²) < 4.78 is 18.2. The molecular weight excluding hydrogens is 542 g/mol. The minimum absolute atomic E-state index is 0.201. The zero-order chi connectivity index (χ0) is 29.3. The predicted octanol–water partition coefficient (Wildman–Crippen LogP) is 3.91. The Morgan fingerprint density at radius 1 is 1.07 bits per heavy atom. The summed E-state index contributed by atoms with van der Waals surface area (Å²) in [5.41, 5.74) is 3.22. The molecule has 0 bridgehead atoms. The third kappa shape index (κ3) is 5.26. The molecule has 1 aliphatic heterocycles. The van der Waals surface area contributed by atoms with Crippen LogP contribution in [0.15, 0.2) is 86.1 Å². The van der Waals surface area contributed by atoms with Gasteiger partial charge in [0.15, 0.2) is 4.80 Å². The van der Waals surface area contributed by atoms with Crippen LogP contribution in [-0.2, 0) is 14.3 Å². The molecule has 9 nitrogen and oxygen atoms in total. The number of carbonyl (C=O) groups excluding carboxylic acids is 2. The SMILES string of the molecule is CCOC(=O)C1=C(C)N=c2s/c(=C/c3ccc(-c4ccccc4C(=O)OC)o3)c(=O)n2[C@@H]1c1ccc(N(C)C)cc1. The van der Waals surface area contributed by atoms with Gasteiger partial charge in [0.25, 0.3) is 5.56 Å². The first-order valence-corrected chi connectivity index (χ1v) is 13.8. The van der Waals surface area contributed by atoms with Crippen molar-refractivity contribution in [2.75, 3.05) is 32.7 Å². The fourth-order valence-corrected chi connectivity index (χ4v) is 5.78. The standard InChI is InChI=1S/C31H29N3O6S/c1-6-39-30(37)26-18(2)32-31-34(27(26)19-11-13-20(14-12-19)33(3)4)28(35)25(41-31)17-21-15-16-24(40-21)22-9-7-8-10-23(22)29(36)38-5/h7-17,27H,6H2,1-5H3/b25-17+/t27-/m1/s1. The molecule has 210 valence electrons. The van der Waals surface area contributed by atoms with Gasteiger partial charge in [0.2, 0.25) is 0 Å². The third-order valence-electron chi connectivity index (χ3n) is 6.74. The number of fused-ring (bicyclic) bond motifs is 1. The smallest absolute Gasteiger partial charge is 0.338 e. The van der Waals surface area contributed by atoms with E-state index in [1.165, 1.54) is 23.0 Å². The summed E-state index contributed by atoms with van der Waals surface area (Å²) in [5, 5.41) is 0. The maximum absolute atomic E-state index is 13.9. The normalized spacial score (nSPS) is 14.9. The van der Waals surface area contributed by atoms with E-state index in [1.54, 1.807) is 56.3 Å². The molecule has 0 unspecified atom stereocenters. The largest absolute Gasteiger partial charge is 0.465 e. The number of rotatable bonds is 7. The molecule has 2 aromatic carbocycles. The Labute approximate surface area is 240 Å². The highest BCUT2D eigenvalue weighted by atomic mass is 32.1. The Bertz CT molecular complexity index is 1840. The molecule has 0 spiro atoms. The van der Waals surface area contributed by atoms with Crippen LogP contribution < -0.4 is 19.8 Å². The fraction of sp³-hybridized carbons (Fsp3) is 0.226. The second-order valence-electron chi connectivity index (χ2n) is 9.53. The lowest BCUT2D eigenvalue weighted by atomic mass is 9.95. The molecule has 3 heterocycles. The van der Waals surface area contributed by atoms with Gasteiger partial charge in [-0.15, -0.1) is 0 Å². The molecule has 0 saturated heterocycles. The first-order valence-electron chi connectivity index (χ1n) is 13.0. The van der Waals surface area contributed by atoms with Crippen LogP contribution in [0, 0.1) is 0 Å². The van der Waals surface area contributed by atoms with E-state index in [-0.39, 0.29) is 12.2 Å². The molecule has 2 aromatic heterocycles. The summed E-state index contributed by atoms with van der Waals surface area (Å²) in [6.07, 6.45) is 1.64. The first-order chi connectivity index (χ1) is 19.7. The Morgan fingerprint density at radius 3 is 2.49 bits per heavy atom. The second-order valence-corrected chi connectivity index (χ2v) is 10.5. The van der Waals surface area contributed by atoms with Gasteiger partial charge < -0.3 is 18.8 Å². The molecule has 0 aliphatic carbocycles. The van der Waals surface area contributed by atoms with Gasteiger partial charge in [0.1, 0.15) is 11.5 Å². The molecular formula is C31H29N3O6S. The Morgan fingerprint density at radius 2 is 1.80 bits per heavy atom. The van der Waals surface area contributed by atoms with Gasteiger partial charge in [0.05, 0.1) is 41.1 Å². The number of hydrogen-bond acceptors (Lipinski definition) is 9. The number of carbonyl (C=O) groups is 2. The van der Waals surface area contributed by atoms with Gasteiger partial charge in [-0.3, -0.25) is 9.36 Å². The van der Waals surface area contributed by atoms with Gasteiger partial charge in [-0.1, -0.05) is 41.7 Å². The van der Waals surface area contributed by atoms with Crippen molar-refractivity contribution in [3.63, 3.8) is 0 Å². The molecule has 0 radical (unpaired) electrons. The van der Waals surface area contributed by atoms with Crippen LogP contribution >= 0.6 is 11.3 Å². The number of hydrogen-bond donors (Lipinski definition) is 0. The zero-order valence-electron chi connectivity index (χ0n) is 23.3. The van der Waals surface area contributed by atoms with Gasteiger partial charge >= 0.3 is 11.9 Å². The number of ether oxygens (including phenoxy) is 2. The molecule has 1 aliphatic rings. The summed E-state index contributed by atoms with van der Waals surface area (Å²) in [4.78, 5) is 46.3. The van der Waals surface area contributed by atoms with Crippen molar-refractivity contribution in [1.29, 1.82) is 0 Å². The lowest BCUT2D eigenvalue weighted by Crippen LogP contribution is -2.39. The number of furan rings is 1. The van der Waals surface area contributed by atoms with Crippen LogP contribution in [0.25, 0.3) is 17.4 Å². The number of aromatic nitrogens is 1. The maximum Gasteiger partial charge on any atom is 0.338 e. The van der Waals surface area contributed by atoms with Gasteiger partial charge in [-0.2, -0.15) is 0 Å². The van der Waals surface area contributed by atoms with Crippen LogP contribution in [0.5, 0.6) is 0 Å². The second kappa shape index (κ2) is 11.4. The molecule has 4 aromatic rings. The van der Waals surface area contributed by atoms with Crippen LogP contribution in [0.2, 0.25) is 0 Å². The lowest BCUT2D eigenvalue weighted by molar-refractivity contribution is -0.139. The Kier molecular flexibility index (Phi) is 7.76. The minimum atomic E-state index is -0.706. The highest BCUT2D eigenvalue weighted by molar-refractivity contribution is 7.07. The van der Waals surface area contributed by atoms with Gasteiger partial charge in [-0.05, 0) is 49.7 Å². The molecule has 0 amide bonds. The number of anilines is 1. The van der Waals surface area contributed by atoms with Crippen molar-refractivity contribution >= 4 is 35.0 Å². The average Bonchev–Trinajstić information content (AvgIpc) is 3.56. The van der Waals surface area contributed by atoms with Crippen LogP contribution in [0.1, 0.15) is 41.6 Å². The quantitative estimate of drug-likeness (QED) is 0.310. The molecule has 5 rings (SSSR count). The van der Waals surface area contributed by atoms with E-state index in [9.17, 15) is 14.4 Å². The number of nitrogens with zero attached hydrogens (tertiary/aromatic N) is 3. The minimum Gasteiger partial charge on any atom is -0.465 e. The van der Waals surface area contributed by atoms with E-state index in [4.69, 9.17) is 13.9 Å². The van der Waals surface area contributed by atoms with Crippen LogP contribution in [-0.4, -0.2) is 44.3 Å². The first kappa shape index (κ1) is 27.9. The van der Waals surface area contributed by atoms with E-state index in [0.29, 0.717) is 43.3 Å². The lowest BCUT2D eigenvalue weighted by Gasteiger charge is -2.25. The van der Waals surface area contributed by atoms with E-state index < -0.39 is 18.0 Å². The number of methoxy groups -OCH3 is 1. The van der Waals surface area contributed by atoms with Crippen molar-refractivity contribution in [2.24, 2.45) is 4.99 Å². The highest BCUT2D eigenvalue weighted by Crippen LogP contribution is 2.32. The molecule has 1 atom stereocenters. The average molecular weight is 572 g/mol. The Hall–Kier alpha value is -4.70. The summed E-state index contributed by atoms with van der Waals surface area (Å²) in [7, 11) is 5.21. The number of benzene rings is 2. The van der Waals surface area contributed by atoms with E-state index >= 15 is 0 Å². The summed E-state index contributed by atoms with van der Waals surface area (Å²) in [5.74, 6) is -0.0922. The van der Waals surface area contributed by atoms with Crippen molar-refractivity contribution in [3.8, 4) is 11.3 Å². The molecule has 41 heavy (non-hydrogen) atoms. The third-order valence-corrected chi connectivity index (χ3v) is 7.72. The monoisotopic (exact) mass is 571 g/mol. The Balaban J connectivity index is 1.62. The van der Waals surface area contributed by atoms with Crippen molar-refractivity contribution in [2.45, 2.75) is 19.9 Å². The number of thiazole rings is 1. The fourth-order valence-electron chi connectivity index (χ4n) is 4.75. The number of esters is 2.